The quantitative estimate of drug-likeness (QED) is 0.436. The van der Waals surface area contributed by atoms with Crippen LogP contribution in [0.25, 0.3) is 0 Å². The van der Waals surface area contributed by atoms with Gasteiger partial charge in [-0.15, -0.1) is 0 Å². The summed E-state index contributed by atoms with van der Waals surface area (Å²) in [6.07, 6.45) is 20.8. The van der Waals surface area contributed by atoms with Gasteiger partial charge in [0, 0.05) is 13.7 Å². The molecule has 2 rings (SSSR count). The van der Waals surface area contributed by atoms with Crippen molar-refractivity contribution >= 4 is 0 Å². The molecule has 0 bridgehead atoms. The van der Waals surface area contributed by atoms with Gasteiger partial charge in [0.1, 0.15) is 0 Å². The summed E-state index contributed by atoms with van der Waals surface area (Å²) in [5, 5.41) is 0. The third-order valence-electron chi connectivity index (χ3n) is 6.57. The third kappa shape index (κ3) is 6.22. The van der Waals surface area contributed by atoms with E-state index in [4.69, 9.17) is 4.74 Å². The molecule has 0 spiro atoms. The Morgan fingerprint density at radius 2 is 1.23 bits per heavy atom. The second kappa shape index (κ2) is 10.7. The first kappa shape index (κ1) is 18.3. The van der Waals surface area contributed by atoms with E-state index in [1.165, 1.54) is 77.0 Å². The third-order valence-corrected chi connectivity index (χ3v) is 6.57. The van der Waals surface area contributed by atoms with Crippen LogP contribution in [0.5, 0.6) is 0 Å². The molecule has 2 saturated carbocycles. The summed E-state index contributed by atoms with van der Waals surface area (Å²) in [5.74, 6) is 4.06. The van der Waals surface area contributed by atoms with E-state index in [2.05, 4.69) is 6.92 Å². The van der Waals surface area contributed by atoms with Gasteiger partial charge in [-0.2, -0.15) is 0 Å². The Morgan fingerprint density at radius 3 is 1.77 bits per heavy atom. The largest absolute Gasteiger partial charge is 0.384 e. The Labute approximate surface area is 139 Å². The molecule has 0 aromatic heterocycles. The normalized spacial score (nSPS) is 33.0. The first-order chi connectivity index (χ1) is 10.8. The van der Waals surface area contributed by atoms with Gasteiger partial charge in [-0.1, -0.05) is 58.3 Å². The van der Waals surface area contributed by atoms with Gasteiger partial charge in [0.2, 0.25) is 0 Å². The van der Waals surface area contributed by atoms with E-state index < -0.39 is 0 Å². The number of rotatable bonds is 9. The predicted molar refractivity (Wildman–Crippen MR) is 96.1 cm³/mol. The van der Waals surface area contributed by atoms with Gasteiger partial charge in [-0.25, -0.2) is 0 Å². The van der Waals surface area contributed by atoms with Crippen LogP contribution in [0.1, 0.15) is 96.8 Å². The summed E-state index contributed by atoms with van der Waals surface area (Å²) < 4.78 is 5.34. The summed E-state index contributed by atoms with van der Waals surface area (Å²) >= 11 is 0. The van der Waals surface area contributed by atoms with Gasteiger partial charge in [0.25, 0.3) is 0 Å². The lowest BCUT2D eigenvalue weighted by Crippen LogP contribution is -2.27. The highest BCUT2D eigenvalue weighted by molar-refractivity contribution is 4.82. The molecule has 0 heterocycles. The summed E-state index contributed by atoms with van der Waals surface area (Å²) in [6.45, 7) is 3.31. The Morgan fingerprint density at radius 1 is 0.682 bits per heavy atom. The number of ether oxygens (including phenoxy) is 1. The van der Waals surface area contributed by atoms with Crippen LogP contribution in [0.2, 0.25) is 0 Å². The lowest BCUT2D eigenvalue weighted by Gasteiger charge is -2.37. The van der Waals surface area contributed by atoms with Crippen LogP contribution in [0.4, 0.5) is 0 Å². The lowest BCUT2D eigenvalue weighted by molar-refractivity contribution is 0.0925. The molecule has 0 amide bonds. The fourth-order valence-corrected chi connectivity index (χ4v) is 5.05. The van der Waals surface area contributed by atoms with Crippen LogP contribution in [-0.2, 0) is 4.74 Å². The van der Waals surface area contributed by atoms with Crippen molar-refractivity contribution in [3.8, 4) is 0 Å². The van der Waals surface area contributed by atoms with Crippen molar-refractivity contribution in [2.24, 2.45) is 23.7 Å². The summed E-state index contributed by atoms with van der Waals surface area (Å²) in [6, 6.07) is 0. The molecule has 2 aliphatic rings. The van der Waals surface area contributed by atoms with Gasteiger partial charge >= 0.3 is 0 Å². The van der Waals surface area contributed by atoms with Crippen molar-refractivity contribution in [2.75, 3.05) is 13.7 Å². The first-order valence-corrected chi connectivity index (χ1v) is 10.3. The number of methoxy groups -OCH3 is 1. The fraction of sp³-hybridized carbons (Fsp3) is 1.00. The molecular weight excluding hydrogens is 268 g/mol. The molecule has 130 valence electrons. The highest BCUT2D eigenvalue weighted by Gasteiger charge is 2.30. The first-order valence-electron chi connectivity index (χ1n) is 10.3. The average molecular weight is 309 g/mol. The maximum absolute atomic E-state index is 5.34. The maximum Gasteiger partial charge on any atom is 0.0490 e. The molecule has 0 N–H and O–H groups in total. The van der Waals surface area contributed by atoms with E-state index in [0.29, 0.717) is 0 Å². The molecule has 1 nitrogen and oxygen atoms in total. The molecule has 0 aromatic rings. The van der Waals surface area contributed by atoms with Crippen LogP contribution in [0, 0.1) is 23.7 Å². The Balaban J connectivity index is 1.55. The highest BCUT2D eigenvalue weighted by atomic mass is 16.5. The van der Waals surface area contributed by atoms with E-state index in [1.54, 1.807) is 12.8 Å². The van der Waals surface area contributed by atoms with Gasteiger partial charge in [-0.3, -0.25) is 0 Å². The molecule has 2 fully saturated rings. The lowest BCUT2D eigenvalue weighted by atomic mass is 9.69. The second-order valence-electron chi connectivity index (χ2n) is 8.22. The number of unbranched alkanes of at least 4 members (excludes halogenated alkanes) is 4. The minimum absolute atomic E-state index is 0.862. The van der Waals surface area contributed by atoms with Gasteiger partial charge in [0.05, 0.1) is 0 Å². The maximum atomic E-state index is 5.34. The van der Waals surface area contributed by atoms with E-state index >= 15 is 0 Å². The summed E-state index contributed by atoms with van der Waals surface area (Å²) in [5.41, 5.74) is 0. The highest BCUT2D eigenvalue weighted by Crippen LogP contribution is 2.42. The van der Waals surface area contributed by atoms with E-state index in [-0.39, 0.29) is 0 Å². The molecular formula is C21H40O. The molecule has 0 unspecified atom stereocenters. The van der Waals surface area contributed by atoms with Crippen molar-refractivity contribution < 1.29 is 4.74 Å². The van der Waals surface area contributed by atoms with Gasteiger partial charge < -0.3 is 4.74 Å². The smallest absolute Gasteiger partial charge is 0.0490 e. The molecule has 0 atom stereocenters. The van der Waals surface area contributed by atoms with Crippen molar-refractivity contribution in [3.63, 3.8) is 0 Å². The van der Waals surface area contributed by atoms with Crippen molar-refractivity contribution in [1.29, 1.82) is 0 Å². The standard InChI is InChI=1S/C21H40O/c1-3-4-5-6-7-8-18-9-13-20(14-10-18)21-15-11-19(12-16-21)17-22-2/h18-21H,3-17H2,1-2H3/t18-,19-,20-,21-. The van der Waals surface area contributed by atoms with Crippen molar-refractivity contribution in [3.05, 3.63) is 0 Å². The zero-order valence-corrected chi connectivity index (χ0v) is 15.3. The van der Waals surface area contributed by atoms with E-state index in [1.807, 2.05) is 7.11 Å². The van der Waals surface area contributed by atoms with Gasteiger partial charge in [0.15, 0.2) is 0 Å². The summed E-state index contributed by atoms with van der Waals surface area (Å²) in [7, 11) is 1.86. The number of hydrogen-bond donors (Lipinski definition) is 0. The zero-order chi connectivity index (χ0) is 15.6. The average Bonchev–Trinajstić information content (AvgIpc) is 2.56. The van der Waals surface area contributed by atoms with Crippen LogP contribution in [0.3, 0.4) is 0 Å². The Kier molecular flexibility index (Phi) is 8.89. The van der Waals surface area contributed by atoms with E-state index in [0.717, 1.165) is 30.3 Å². The molecule has 0 radical (unpaired) electrons. The SMILES string of the molecule is CCCCCCC[C@H]1CC[C@H]([C@H]2CC[C@H](COC)CC2)CC1. The minimum atomic E-state index is 0.862. The topological polar surface area (TPSA) is 9.23 Å². The minimum Gasteiger partial charge on any atom is -0.384 e. The van der Waals surface area contributed by atoms with Crippen LogP contribution in [-0.4, -0.2) is 13.7 Å². The molecule has 2 aliphatic carbocycles. The fourth-order valence-electron chi connectivity index (χ4n) is 5.05. The molecule has 0 saturated heterocycles. The molecule has 0 aliphatic heterocycles. The second-order valence-corrected chi connectivity index (χ2v) is 8.22. The van der Waals surface area contributed by atoms with Crippen LogP contribution >= 0.6 is 0 Å². The number of hydrogen-bond acceptors (Lipinski definition) is 1. The monoisotopic (exact) mass is 308 g/mol. The Hall–Kier alpha value is -0.0400. The van der Waals surface area contributed by atoms with E-state index in [9.17, 15) is 0 Å². The van der Waals surface area contributed by atoms with Crippen molar-refractivity contribution in [1.82, 2.24) is 0 Å². The summed E-state index contributed by atoms with van der Waals surface area (Å²) in [4.78, 5) is 0. The Bertz CT molecular complexity index is 259. The predicted octanol–water partition coefficient (Wildman–Crippen LogP) is 6.61. The van der Waals surface area contributed by atoms with Gasteiger partial charge in [-0.05, 0) is 62.2 Å². The van der Waals surface area contributed by atoms with Crippen LogP contribution in [0.15, 0.2) is 0 Å². The van der Waals surface area contributed by atoms with Crippen LogP contribution < -0.4 is 0 Å². The molecule has 1 heteroatoms. The molecule has 22 heavy (non-hydrogen) atoms. The molecule has 0 aromatic carbocycles. The zero-order valence-electron chi connectivity index (χ0n) is 15.3. The van der Waals surface area contributed by atoms with Crippen molar-refractivity contribution in [2.45, 2.75) is 96.8 Å².